The van der Waals surface area contributed by atoms with Crippen LogP contribution in [0.15, 0.2) is 24.4 Å². The average molecular weight is 229 g/mol. The van der Waals surface area contributed by atoms with Crippen LogP contribution < -0.4 is 5.73 Å². The molecule has 0 radical (unpaired) electrons. The third-order valence-corrected chi connectivity index (χ3v) is 4.16. The van der Waals surface area contributed by atoms with Gasteiger partial charge in [0.25, 0.3) is 0 Å². The van der Waals surface area contributed by atoms with Gasteiger partial charge in [0.05, 0.1) is 11.4 Å². The highest BCUT2D eigenvalue weighted by Gasteiger charge is 2.38. The van der Waals surface area contributed by atoms with E-state index in [1.54, 1.807) is 0 Å². The van der Waals surface area contributed by atoms with Crippen LogP contribution in [0, 0.1) is 6.92 Å². The lowest BCUT2D eigenvalue weighted by atomic mass is 9.81. The molecule has 1 aliphatic rings. The van der Waals surface area contributed by atoms with Gasteiger partial charge in [0.1, 0.15) is 5.65 Å². The van der Waals surface area contributed by atoms with Crippen molar-refractivity contribution >= 4 is 5.65 Å². The number of aryl methyl sites for hydroxylation is 1. The summed E-state index contributed by atoms with van der Waals surface area (Å²) in [4.78, 5) is 4.66. The molecular weight excluding hydrogens is 210 g/mol. The van der Waals surface area contributed by atoms with Crippen LogP contribution in [0.3, 0.4) is 0 Å². The number of pyridine rings is 1. The fraction of sp³-hybridized carbons (Fsp3) is 0.500. The Labute approximate surface area is 102 Å². The zero-order valence-corrected chi connectivity index (χ0v) is 10.3. The molecule has 2 aromatic rings. The fourth-order valence-electron chi connectivity index (χ4n) is 3.34. The fourth-order valence-corrected chi connectivity index (χ4v) is 3.34. The van der Waals surface area contributed by atoms with E-state index < -0.39 is 0 Å². The van der Waals surface area contributed by atoms with Crippen molar-refractivity contribution in [3.63, 3.8) is 0 Å². The van der Waals surface area contributed by atoms with Gasteiger partial charge in [-0.15, -0.1) is 0 Å². The Kier molecular flexibility index (Phi) is 2.44. The number of nitrogens with zero attached hydrogens (tertiary/aromatic N) is 2. The molecule has 0 spiro atoms. The first kappa shape index (κ1) is 10.8. The van der Waals surface area contributed by atoms with Gasteiger partial charge >= 0.3 is 0 Å². The molecule has 17 heavy (non-hydrogen) atoms. The summed E-state index contributed by atoms with van der Waals surface area (Å²) in [6.45, 7) is 2.84. The molecule has 0 atom stereocenters. The van der Waals surface area contributed by atoms with Gasteiger partial charge in [0.2, 0.25) is 0 Å². The maximum Gasteiger partial charge on any atom is 0.137 e. The molecule has 2 heterocycles. The topological polar surface area (TPSA) is 43.3 Å². The summed E-state index contributed by atoms with van der Waals surface area (Å²) in [6, 6.07) is 6.17. The number of hydrogen-bond donors (Lipinski definition) is 1. The lowest BCUT2D eigenvalue weighted by Gasteiger charge is -2.27. The summed E-state index contributed by atoms with van der Waals surface area (Å²) < 4.78 is 2.23. The van der Waals surface area contributed by atoms with Crippen molar-refractivity contribution in [2.45, 2.75) is 38.0 Å². The minimum absolute atomic E-state index is 0.158. The third-order valence-electron chi connectivity index (χ3n) is 4.16. The summed E-state index contributed by atoms with van der Waals surface area (Å²) in [6.07, 6.45) is 7.09. The van der Waals surface area contributed by atoms with Gasteiger partial charge < -0.3 is 10.1 Å². The first-order valence-corrected chi connectivity index (χ1v) is 6.41. The lowest BCUT2D eigenvalue weighted by molar-refractivity contribution is 0.433. The molecule has 1 aliphatic carbocycles. The van der Waals surface area contributed by atoms with Crippen LogP contribution in [0.1, 0.15) is 37.1 Å². The van der Waals surface area contributed by atoms with Crippen molar-refractivity contribution in [2.75, 3.05) is 6.54 Å². The Bertz CT molecular complexity index is 535. The van der Waals surface area contributed by atoms with Gasteiger partial charge in [-0.05, 0) is 31.9 Å². The van der Waals surface area contributed by atoms with Crippen LogP contribution >= 0.6 is 0 Å². The first-order valence-electron chi connectivity index (χ1n) is 6.41. The monoisotopic (exact) mass is 229 g/mol. The standard InChI is InChI=1S/C14H19N3/c1-11-13(14(10-15)7-3-4-8-14)17-9-5-2-6-12(17)16-11/h2,5-6,9H,3-4,7-8,10,15H2,1H3. The molecule has 0 aromatic carbocycles. The highest BCUT2D eigenvalue weighted by Crippen LogP contribution is 2.41. The van der Waals surface area contributed by atoms with Gasteiger partial charge in [-0.1, -0.05) is 18.9 Å². The Morgan fingerprint density at radius 3 is 2.82 bits per heavy atom. The molecular formula is C14H19N3. The maximum absolute atomic E-state index is 6.08. The highest BCUT2D eigenvalue weighted by molar-refractivity contribution is 5.45. The minimum atomic E-state index is 0.158. The summed E-state index contributed by atoms with van der Waals surface area (Å²) in [5.41, 5.74) is 9.76. The van der Waals surface area contributed by atoms with Crippen molar-refractivity contribution in [3.05, 3.63) is 35.8 Å². The minimum Gasteiger partial charge on any atom is -0.330 e. The van der Waals surface area contributed by atoms with E-state index in [-0.39, 0.29) is 5.41 Å². The second-order valence-corrected chi connectivity index (χ2v) is 5.17. The first-order chi connectivity index (χ1) is 8.27. The van der Waals surface area contributed by atoms with Gasteiger partial charge in [-0.25, -0.2) is 4.98 Å². The number of nitrogens with two attached hydrogens (primary N) is 1. The zero-order valence-electron chi connectivity index (χ0n) is 10.3. The Balaban J connectivity index is 2.25. The van der Waals surface area contributed by atoms with Crippen LogP contribution in [-0.2, 0) is 5.41 Å². The van der Waals surface area contributed by atoms with E-state index in [4.69, 9.17) is 5.73 Å². The van der Waals surface area contributed by atoms with E-state index in [0.29, 0.717) is 0 Å². The van der Waals surface area contributed by atoms with Crippen molar-refractivity contribution in [1.82, 2.24) is 9.38 Å². The molecule has 0 bridgehead atoms. The molecule has 3 heteroatoms. The summed E-state index contributed by atoms with van der Waals surface area (Å²) in [7, 11) is 0. The van der Waals surface area contributed by atoms with Gasteiger partial charge in [-0.3, -0.25) is 0 Å². The second-order valence-electron chi connectivity index (χ2n) is 5.17. The van der Waals surface area contributed by atoms with E-state index in [0.717, 1.165) is 17.9 Å². The molecule has 3 rings (SSSR count). The highest BCUT2D eigenvalue weighted by atomic mass is 15.0. The molecule has 1 fully saturated rings. The summed E-state index contributed by atoms with van der Waals surface area (Å²) >= 11 is 0. The van der Waals surface area contributed by atoms with Crippen molar-refractivity contribution < 1.29 is 0 Å². The van der Waals surface area contributed by atoms with Crippen LogP contribution in [-0.4, -0.2) is 15.9 Å². The van der Waals surface area contributed by atoms with E-state index in [9.17, 15) is 0 Å². The van der Waals surface area contributed by atoms with E-state index >= 15 is 0 Å². The third kappa shape index (κ3) is 1.49. The quantitative estimate of drug-likeness (QED) is 0.859. The largest absolute Gasteiger partial charge is 0.330 e. The molecule has 3 nitrogen and oxygen atoms in total. The molecule has 2 N–H and O–H groups in total. The summed E-state index contributed by atoms with van der Waals surface area (Å²) in [5.74, 6) is 0. The number of hydrogen-bond acceptors (Lipinski definition) is 2. The lowest BCUT2D eigenvalue weighted by Crippen LogP contribution is -2.34. The van der Waals surface area contributed by atoms with Crippen molar-refractivity contribution in [3.8, 4) is 0 Å². The van der Waals surface area contributed by atoms with Gasteiger partial charge in [0, 0.05) is 18.2 Å². The van der Waals surface area contributed by atoms with E-state index in [1.165, 1.54) is 31.4 Å². The maximum atomic E-state index is 6.08. The Morgan fingerprint density at radius 2 is 2.12 bits per heavy atom. The number of aromatic nitrogens is 2. The normalized spacial score (nSPS) is 18.9. The molecule has 0 amide bonds. The Hall–Kier alpha value is -1.35. The van der Waals surface area contributed by atoms with E-state index in [1.807, 2.05) is 6.07 Å². The number of rotatable bonds is 2. The molecule has 90 valence electrons. The van der Waals surface area contributed by atoms with Crippen molar-refractivity contribution in [1.29, 1.82) is 0 Å². The average Bonchev–Trinajstić information content (AvgIpc) is 2.92. The van der Waals surface area contributed by atoms with Gasteiger partial charge in [-0.2, -0.15) is 0 Å². The van der Waals surface area contributed by atoms with Gasteiger partial charge in [0.15, 0.2) is 0 Å². The van der Waals surface area contributed by atoms with Crippen LogP contribution in [0.25, 0.3) is 5.65 Å². The number of fused-ring (bicyclic) bond motifs is 1. The van der Waals surface area contributed by atoms with Crippen molar-refractivity contribution in [2.24, 2.45) is 5.73 Å². The zero-order chi connectivity index (χ0) is 11.9. The molecule has 1 saturated carbocycles. The molecule has 0 saturated heterocycles. The predicted octanol–water partition coefficient (Wildman–Crippen LogP) is 2.41. The van der Waals surface area contributed by atoms with Crippen LogP contribution in [0.2, 0.25) is 0 Å². The molecule has 0 aliphatic heterocycles. The second kappa shape index (κ2) is 3.84. The van der Waals surface area contributed by atoms with Crippen LogP contribution in [0.4, 0.5) is 0 Å². The predicted molar refractivity (Wildman–Crippen MR) is 69.1 cm³/mol. The summed E-state index contributed by atoms with van der Waals surface area (Å²) in [5, 5.41) is 0. The van der Waals surface area contributed by atoms with Crippen LogP contribution in [0.5, 0.6) is 0 Å². The van der Waals surface area contributed by atoms with E-state index in [2.05, 4.69) is 34.6 Å². The number of imidazole rings is 1. The Morgan fingerprint density at radius 1 is 1.35 bits per heavy atom. The molecule has 2 aromatic heterocycles. The SMILES string of the molecule is Cc1nc2ccccn2c1C1(CN)CCCC1. The smallest absolute Gasteiger partial charge is 0.137 e. The molecule has 0 unspecified atom stereocenters.